The van der Waals surface area contributed by atoms with E-state index < -0.39 is 0 Å². The number of nitrogens with one attached hydrogen (secondary N) is 2. The van der Waals surface area contributed by atoms with Crippen molar-refractivity contribution < 1.29 is 4.79 Å². The lowest BCUT2D eigenvalue weighted by molar-refractivity contribution is -0.125. The molecule has 1 aliphatic carbocycles. The molecular weight excluding hydrogens is 176 g/mol. The summed E-state index contributed by atoms with van der Waals surface area (Å²) in [5.74, 6) is 1.05. The number of amides is 1. The molecule has 3 heteroatoms. The van der Waals surface area contributed by atoms with Gasteiger partial charge < -0.3 is 10.6 Å². The van der Waals surface area contributed by atoms with E-state index in [0.717, 1.165) is 25.3 Å². The Labute approximate surface area is 86.6 Å². The van der Waals surface area contributed by atoms with Gasteiger partial charge in [0.05, 0.1) is 0 Å². The lowest BCUT2D eigenvalue weighted by Gasteiger charge is -2.16. The molecule has 0 aromatic rings. The molecule has 0 saturated heterocycles. The average Bonchev–Trinajstić information content (AvgIpc) is 2.51. The third-order valence-corrected chi connectivity index (χ3v) is 3.00. The van der Waals surface area contributed by atoms with Crippen LogP contribution in [0.4, 0.5) is 0 Å². The summed E-state index contributed by atoms with van der Waals surface area (Å²) in [5.41, 5.74) is 0. The molecule has 0 aromatic carbocycles. The SMILES string of the molecule is CNCC(C)C(=O)NC1CCC(C)C1. The minimum Gasteiger partial charge on any atom is -0.353 e. The Morgan fingerprint density at radius 1 is 1.50 bits per heavy atom. The van der Waals surface area contributed by atoms with Crippen molar-refractivity contribution in [1.82, 2.24) is 10.6 Å². The van der Waals surface area contributed by atoms with Gasteiger partial charge >= 0.3 is 0 Å². The van der Waals surface area contributed by atoms with Crippen LogP contribution in [0.25, 0.3) is 0 Å². The van der Waals surface area contributed by atoms with Crippen LogP contribution in [0.5, 0.6) is 0 Å². The van der Waals surface area contributed by atoms with Gasteiger partial charge in [0.15, 0.2) is 0 Å². The summed E-state index contributed by atoms with van der Waals surface area (Å²) < 4.78 is 0. The number of rotatable bonds is 4. The van der Waals surface area contributed by atoms with E-state index >= 15 is 0 Å². The van der Waals surface area contributed by atoms with E-state index in [1.165, 1.54) is 6.42 Å². The van der Waals surface area contributed by atoms with E-state index in [2.05, 4.69) is 17.6 Å². The lowest BCUT2D eigenvalue weighted by atomic mass is 10.1. The smallest absolute Gasteiger partial charge is 0.224 e. The molecule has 3 atom stereocenters. The second-order valence-electron chi connectivity index (χ2n) is 4.58. The predicted molar refractivity (Wildman–Crippen MR) is 58.0 cm³/mol. The zero-order chi connectivity index (χ0) is 10.6. The van der Waals surface area contributed by atoms with Crippen LogP contribution in [-0.2, 0) is 4.79 Å². The fourth-order valence-electron chi connectivity index (χ4n) is 2.08. The van der Waals surface area contributed by atoms with Crippen LogP contribution in [0.15, 0.2) is 0 Å². The molecule has 2 N–H and O–H groups in total. The summed E-state index contributed by atoms with van der Waals surface area (Å²) in [7, 11) is 1.88. The first-order valence-electron chi connectivity index (χ1n) is 5.58. The predicted octanol–water partition coefficient (Wildman–Crippen LogP) is 1.15. The van der Waals surface area contributed by atoms with E-state index in [-0.39, 0.29) is 11.8 Å². The van der Waals surface area contributed by atoms with E-state index in [1.54, 1.807) is 0 Å². The molecule has 14 heavy (non-hydrogen) atoms. The lowest BCUT2D eigenvalue weighted by Crippen LogP contribution is -2.39. The molecule has 0 bridgehead atoms. The van der Waals surface area contributed by atoms with Gasteiger partial charge in [-0.3, -0.25) is 4.79 Å². The molecule has 0 radical (unpaired) electrons. The fraction of sp³-hybridized carbons (Fsp3) is 0.909. The second kappa shape index (κ2) is 5.35. The molecule has 82 valence electrons. The molecule has 0 spiro atoms. The maximum atomic E-state index is 11.6. The quantitative estimate of drug-likeness (QED) is 0.711. The van der Waals surface area contributed by atoms with Crippen molar-refractivity contribution in [3.8, 4) is 0 Å². The van der Waals surface area contributed by atoms with E-state index in [1.807, 2.05) is 14.0 Å². The summed E-state index contributed by atoms with van der Waals surface area (Å²) >= 11 is 0. The molecule has 1 rings (SSSR count). The highest BCUT2D eigenvalue weighted by atomic mass is 16.1. The highest BCUT2D eigenvalue weighted by Crippen LogP contribution is 2.24. The third kappa shape index (κ3) is 3.29. The highest BCUT2D eigenvalue weighted by molar-refractivity contribution is 5.78. The molecule has 1 aliphatic rings. The molecule has 3 unspecified atom stereocenters. The van der Waals surface area contributed by atoms with Crippen LogP contribution in [0.3, 0.4) is 0 Å². The monoisotopic (exact) mass is 198 g/mol. The van der Waals surface area contributed by atoms with Gasteiger partial charge in [0.25, 0.3) is 0 Å². The number of carbonyl (C=O) groups excluding carboxylic acids is 1. The normalized spacial score (nSPS) is 28.8. The maximum Gasteiger partial charge on any atom is 0.224 e. The number of hydrogen-bond donors (Lipinski definition) is 2. The van der Waals surface area contributed by atoms with Crippen molar-refractivity contribution in [2.45, 2.75) is 39.2 Å². The summed E-state index contributed by atoms with van der Waals surface area (Å²) in [5, 5.41) is 6.14. The molecule has 0 heterocycles. The topological polar surface area (TPSA) is 41.1 Å². The minimum absolute atomic E-state index is 0.0795. The van der Waals surface area contributed by atoms with Gasteiger partial charge in [-0.25, -0.2) is 0 Å². The Hall–Kier alpha value is -0.570. The van der Waals surface area contributed by atoms with Crippen molar-refractivity contribution in [1.29, 1.82) is 0 Å². The van der Waals surface area contributed by atoms with Crippen LogP contribution in [-0.4, -0.2) is 25.5 Å². The summed E-state index contributed by atoms with van der Waals surface area (Å²) in [4.78, 5) is 11.6. The Morgan fingerprint density at radius 2 is 2.21 bits per heavy atom. The maximum absolute atomic E-state index is 11.6. The molecule has 0 aromatic heterocycles. The van der Waals surface area contributed by atoms with Crippen molar-refractivity contribution >= 4 is 5.91 Å². The minimum atomic E-state index is 0.0795. The molecule has 0 aliphatic heterocycles. The first-order valence-corrected chi connectivity index (χ1v) is 5.58. The van der Waals surface area contributed by atoms with Gasteiger partial charge in [0.2, 0.25) is 5.91 Å². The fourth-order valence-corrected chi connectivity index (χ4v) is 2.08. The van der Waals surface area contributed by atoms with Crippen LogP contribution in [0.1, 0.15) is 33.1 Å². The van der Waals surface area contributed by atoms with Crippen LogP contribution in [0.2, 0.25) is 0 Å². The van der Waals surface area contributed by atoms with E-state index in [9.17, 15) is 4.79 Å². The van der Waals surface area contributed by atoms with Gasteiger partial charge in [-0.2, -0.15) is 0 Å². The number of hydrogen-bond acceptors (Lipinski definition) is 2. The molecule has 1 fully saturated rings. The largest absolute Gasteiger partial charge is 0.353 e. The van der Waals surface area contributed by atoms with Gasteiger partial charge in [-0.15, -0.1) is 0 Å². The van der Waals surface area contributed by atoms with Crippen LogP contribution >= 0.6 is 0 Å². The Balaban J connectivity index is 2.26. The van der Waals surface area contributed by atoms with E-state index in [4.69, 9.17) is 0 Å². The highest BCUT2D eigenvalue weighted by Gasteiger charge is 2.24. The zero-order valence-electron chi connectivity index (χ0n) is 9.47. The zero-order valence-corrected chi connectivity index (χ0v) is 9.47. The summed E-state index contributed by atoms with van der Waals surface area (Å²) in [6.07, 6.45) is 3.56. The standard InChI is InChI=1S/C11H22N2O/c1-8-4-5-10(6-8)13-11(14)9(2)7-12-3/h8-10,12H,4-7H2,1-3H3,(H,13,14). The second-order valence-corrected chi connectivity index (χ2v) is 4.58. The van der Waals surface area contributed by atoms with Crippen molar-refractivity contribution in [3.63, 3.8) is 0 Å². The first kappa shape index (κ1) is 11.5. The molecule has 1 amide bonds. The Morgan fingerprint density at radius 3 is 2.71 bits per heavy atom. The van der Waals surface area contributed by atoms with Crippen molar-refractivity contribution in [2.75, 3.05) is 13.6 Å². The Bertz CT molecular complexity index is 194. The third-order valence-electron chi connectivity index (χ3n) is 3.00. The first-order chi connectivity index (χ1) is 6.63. The molecule has 3 nitrogen and oxygen atoms in total. The summed E-state index contributed by atoms with van der Waals surface area (Å²) in [6.45, 7) is 4.97. The van der Waals surface area contributed by atoms with Crippen molar-refractivity contribution in [3.05, 3.63) is 0 Å². The number of carbonyl (C=O) groups is 1. The van der Waals surface area contributed by atoms with Gasteiger partial charge in [0.1, 0.15) is 0 Å². The van der Waals surface area contributed by atoms with Crippen LogP contribution in [0, 0.1) is 11.8 Å². The summed E-state index contributed by atoms with van der Waals surface area (Å²) in [6, 6.07) is 0.428. The van der Waals surface area contributed by atoms with Crippen molar-refractivity contribution in [2.24, 2.45) is 11.8 Å². The van der Waals surface area contributed by atoms with E-state index in [0.29, 0.717) is 6.04 Å². The van der Waals surface area contributed by atoms with Gasteiger partial charge in [0, 0.05) is 18.5 Å². The average molecular weight is 198 g/mol. The molecule has 1 saturated carbocycles. The van der Waals surface area contributed by atoms with Gasteiger partial charge in [-0.05, 0) is 32.2 Å². The van der Waals surface area contributed by atoms with Gasteiger partial charge in [-0.1, -0.05) is 13.8 Å². The Kier molecular flexibility index (Phi) is 4.39. The van der Waals surface area contributed by atoms with Crippen LogP contribution < -0.4 is 10.6 Å². The molecular formula is C11H22N2O.